The van der Waals surface area contributed by atoms with Gasteiger partial charge in [0.15, 0.2) is 0 Å². The highest BCUT2D eigenvalue weighted by Crippen LogP contribution is 2.26. The summed E-state index contributed by atoms with van der Waals surface area (Å²) in [7, 11) is 0. The molecular formula is C21H26ClNO4. The van der Waals surface area contributed by atoms with E-state index in [-0.39, 0.29) is 12.7 Å². The van der Waals surface area contributed by atoms with Crippen molar-refractivity contribution in [3.63, 3.8) is 0 Å². The first kappa shape index (κ1) is 21.1. The van der Waals surface area contributed by atoms with Crippen LogP contribution in [-0.4, -0.2) is 38.6 Å². The zero-order chi connectivity index (χ0) is 19.5. The summed E-state index contributed by atoms with van der Waals surface area (Å²) < 4.78 is 15.9. The molecule has 0 heterocycles. The predicted octanol–water partition coefficient (Wildman–Crippen LogP) is 4.46. The van der Waals surface area contributed by atoms with E-state index in [1.165, 1.54) is 5.56 Å². The molecule has 0 aliphatic carbocycles. The summed E-state index contributed by atoms with van der Waals surface area (Å²) in [6, 6.07) is 15.9. The number of hydrogen-bond acceptors (Lipinski definition) is 4. The van der Waals surface area contributed by atoms with E-state index in [0.29, 0.717) is 30.5 Å². The van der Waals surface area contributed by atoms with Gasteiger partial charge in [0.25, 0.3) is 0 Å². The van der Waals surface area contributed by atoms with Gasteiger partial charge >= 0.3 is 6.09 Å². The Morgan fingerprint density at radius 2 is 1.81 bits per heavy atom. The minimum atomic E-state index is -0.490. The van der Waals surface area contributed by atoms with Crippen LogP contribution in [0.3, 0.4) is 0 Å². The van der Waals surface area contributed by atoms with E-state index < -0.39 is 6.09 Å². The number of nitrogens with one attached hydrogen (secondary N) is 1. The van der Waals surface area contributed by atoms with Crippen molar-refractivity contribution in [1.29, 1.82) is 0 Å². The standard InChI is InChI=1S/C21H26ClNO4/c1-16(2)25-12-13-27-21(24)23-10-11-26-20-9-8-18(15-19(20)22)14-17-6-4-3-5-7-17/h3-9,15-16H,10-14H2,1-2H3,(H,23,24). The number of rotatable bonds is 10. The van der Waals surface area contributed by atoms with Gasteiger partial charge in [0.05, 0.1) is 24.3 Å². The molecule has 0 radical (unpaired) electrons. The van der Waals surface area contributed by atoms with Crippen molar-refractivity contribution in [3.8, 4) is 5.75 Å². The highest BCUT2D eigenvalue weighted by molar-refractivity contribution is 6.32. The second-order valence-electron chi connectivity index (χ2n) is 6.26. The topological polar surface area (TPSA) is 56.8 Å². The van der Waals surface area contributed by atoms with Gasteiger partial charge in [-0.05, 0) is 43.5 Å². The molecule has 2 aromatic carbocycles. The van der Waals surface area contributed by atoms with Crippen LogP contribution in [0.1, 0.15) is 25.0 Å². The molecular weight excluding hydrogens is 366 g/mol. The molecule has 2 rings (SSSR count). The number of halogens is 1. The summed E-state index contributed by atoms with van der Waals surface area (Å²) in [5.74, 6) is 0.592. The average Bonchev–Trinajstić information content (AvgIpc) is 2.64. The van der Waals surface area contributed by atoms with Gasteiger partial charge in [0.1, 0.15) is 19.0 Å². The third-order valence-corrected chi connectivity index (χ3v) is 3.94. The molecule has 5 nitrogen and oxygen atoms in total. The van der Waals surface area contributed by atoms with Crippen LogP contribution >= 0.6 is 11.6 Å². The first-order valence-electron chi connectivity index (χ1n) is 9.02. The zero-order valence-corrected chi connectivity index (χ0v) is 16.5. The van der Waals surface area contributed by atoms with Gasteiger partial charge < -0.3 is 19.5 Å². The van der Waals surface area contributed by atoms with Gasteiger partial charge in [-0.3, -0.25) is 0 Å². The molecule has 0 atom stereocenters. The maximum absolute atomic E-state index is 11.5. The van der Waals surface area contributed by atoms with E-state index in [1.54, 1.807) is 0 Å². The van der Waals surface area contributed by atoms with E-state index in [9.17, 15) is 4.79 Å². The van der Waals surface area contributed by atoms with Gasteiger partial charge in [-0.25, -0.2) is 4.79 Å². The second-order valence-corrected chi connectivity index (χ2v) is 6.67. The van der Waals surface area contributed by atoms with Crippen LogP contribution in [0.5, 0.6) is 5.75 Å². The Bertz CT molecular complexity index is 707. The van der Waals surface area contributed by atoms with Gasteiger partial charge in [0, 0.05) is 0 Å². The lowest BCUT2D eigenvalue weighted by atomic mass is 10.1. The van der Waals surface area contributed by atoms with Crippen LogP contribution in [0.15, 0.2) is 48.5 Å². The van der Waals surface area contributed by atoms with Crippen LogP contribution in [-0.2, 0) is 15.9 Å². The molecule has 1 amide bonds. The van der Waals surface area contributed by atoms with Crippen molar-refractivity contribution in [2.24, 2.45) is 0 Å². The Hall–Kier alpha value is -2.24. The molecule has 0 saturated heterocycles. The summed E-state index contributed by atoms with van der Waals surface area (Å²) in [5, 5.41) is 3.17. The summed E-state index contributed by atoms with van der Waals surface area (Å²) in [6.07, 6.45) is 0.443. The SMILES string of the molecule is CC(C)OCCOC(=O)NCCOc1ccc(Cc2ccccc2)cc1Cl. The Balaban J connectivity index is 1.68. The highest BCUT2D eigenvalue weighted by Gasteiger charge is 2.06. The van der Waals surface area contributed by atoms with Crippen molar-refractivity contribution in [2.45, 2.75) is 26.4 Å². The zero-order valence-electron chi connectivity index (χ0n) is 15.7. The van der Waals surface area contributed by atoms with Gasteiger partial charge in [-0.15, -0.1) is 0 Å². The molecule has 0 aliphatic rings. The first-order chi connectivity index (χ1) is 13.0. The maximum Gasteiger partial charge on any atom is 0.407 e. The molecule has 27 heavy (non-hydrogen) atoms. The van der Waals surface area contributed by atoms with E-state index in [4.69, 9.17) is 25.8 Å². The molecule has 6 heteroatoms. The summed E-state index contributed by atoms with van der Waals surface area (Å²) in [4.78, 5) is 11.5. The first-order valence-corrected chi connectivity index (χ1v) is 9.40. The second kappa shape index (κ2) is 11.5. The van der Waals surface area contributed by atoms with E-state index in [2.05, 4.69) is 17.4 Å². The number of carbonyl (C=O) groups is 1. The molecule has 2 aromatic rings. The number of benzene rings is 2. The number of amides is 1. The van der Waals surface area contributed by atoms with Gasteiger partial charge in [-0.1, -0.05) is 48.0 Å². The lowest BCUT2D eigenvalue weighted by molar-refractivity contribution is 0.0393. The molecule has 0 spiro atoms. The van der Waals surface area contributed by atoms with Gasteiger partial charge in [0.2, 0.25) is 0 Å². The van der Waals surface area contributed by atoms with Gasteiger partial charge in [-0.2, -0.15) is 0 Å². The Kier molecular flexibility index (Phi) is 8.95. The third kappa shape index (κ3) is 8.33. The lowest BCUT2D eigenvalue weighted by Crippen LogP contribution is -2.29. The molecule has 146 valence electrons. The average molecular weight is 392 g/mol. The minimum absolute atomic E-state index is 0.119. The van der Waals surface area contributed by atoms with Crippen molar-refractivity contribution in [1.82, 2.24) is 5.32 Å². The number of carbonyl (C=O) groups excluding carboxylic acids is 1. The Morgan fingerprint density at radius 1 is 1.04 bits per heavy atom. The van der Waals surface area contributed by atoms with E-state index >= 15 is 0 Å². The molecule has 0 fully saturated rings. The Morgan fingerprint density at radius 3 is 2.52 bits per heavy atom. The maximum atomic E-state index is 11.5. The molecule has 0 aromatic heterocycles. The summed E-state index contributed by atoms with van der Waals surface area (Å²) in [6.45, 7) is 5.08. The van der Waals surface area contributed by atoms with Crippen LogP contribution in [0.2, 0.25) is 5.02 Å². The fraction of sp³-hybridized carbons (Fsp3) is 0.381. The number of hydrogen-bond donors (Lipinski definition) is 1. The molecule has 0 bridgehead atoms. The van der Waals surface area contributed by atoms with E-state index in [0.717, 1.165) is 12.0 Å². The smallest absolute Gasteiger partial charge is 0.407 e. The quantitative estimate of drug-likeness (QED) is 0.607. The minimum Gasteiger partial charge on any atom is -0.490 e. The molecule has 1 N–H and O–H groups in total. The fourth-order valence-corrected chi connectivity index (χ4v) is 2.64. The van der Waals surface area contributed by atoms with Crippen LogP contribution in [0.25, 0.3) is 0 Å². The predicted molar refractivity (Wildman–Crippen MR) is 107 cm³/mol. The summed E-state index contributed by atoms with van der Waals surface area (Å²) >= 11 is 6.30. The monoisotopic (exact) mass is 391 g/mol. The number of ether oxygens (including phenoxy) is 3. The van der Waals surface area contributed by atoms with Crippen LogP contribution in [0.4, 0.5) is 4.79 Å². The molecule has 0 aliphatic heterocycles. The lowest BCUT2D eigenvalue weighted by Gasteiger charge is -2.11. The molecule has 0 saturated carbocycles. The van der Waals surface area contributed by atoms with Crippen molar-refractivity contribution >= 4 is 17.7 Å². The normalized spacial score (nSPS) is 10.7. The summed E-state index contributed by atoms with van der Waals surface area (Å²) in [5.41, 5.74) is 2.34. The largest absolute Gasteiger partial charge is 0.490 e. The van der Waals surface area contributed by atoms with Crippen molar-refractivity contribution in [2.75, 3.05) is 26.4 Å². The van der Waals surface area contributed by atoms with Crippen molar-refractivity contribution < 1.29 is 19.0 Å². The number of alkyl carbamates (subject to hydrolysis) is 1. The third-order valence-electron chi connectivity index (χ3n) is 3.64. The Labute approximate surface area is 165 Å². The van der Waals surface area contributed by atoms with E-state index in [1.807, 2.05) is 50.2 Å². The highest BCUT2D eigenvalue weighted by atomic mass is 35.5. The fourth-order valence-electron chi connectivity index (χ4n) is 2.39. The van der Waals surface area contributed by atoms with Crippen LogP contribution < -0.4 is 10.1 Å². The van der Waals surface area contributed by atoms with Crippen molar-refractivity contribution in [3.05, 3.63) is 64.7 Å². The van der Waals surface area contributed by atoms with Crippen LogP contribution in [0, 0.1) is 0 Å². The molecule has 0 unspecified atom stereocenters.